The third-order valence-corrected chi connectivity index (χ3v) is 8.64. The van der Waals surface area contributed by atoms with Crippen LogP contribution in [0.5, 0.6) is 0 Å². The number of amides is 3. The number of halogens is 2. The van der Waals surface area contributed by atoms with Gasteiger partial charge in [0, 0.05) is 22.3 Å². The number of anilines is 2. The van der Waals surface area contributed by atoms with Crippen molar-refractivity contribution in [3.05, 3.63) is 24.3 Å². The fraction of sp³-hybridized carbons (Fsp3) is 0.471. The van der Waals surface area contributed by atoms with E-state index >= 15 is 0 Å². The van der Waals surface area contributed by atoms with Gasteiger partial charge in [0.25, 0.3) is 0 Å². The minimum Gasteiger partial charge on any atom is -0.326 e. The lowest BCUT2D eigenvalue weighted by atomic mass is 9.81. The topological polar surface area (TPSA) is 66.5 Å². The van der Waals surface area contributed by atoms with E-state index in [0.29, 0.717) is 11.4 Å². The molecule has 1 aromatic carbocycles. The highest BCUT2D eigenvalue weighted by Crippen LogP contribution is 2.60. The van der Waals surface area contributed by atoms with E-state index < -0.39 is 0 Å². The van der Waals surface area contributed by atoms with Crippen molar-refractivity contribution in [1.82, 2.24) is 0 Å². The van der Waals surface area contributed by atoms with Crippen molar-refractivity contribution >= 4 is 61.0 Å². The molecule has 2 saturated carbocycles. The molecule has 0 radical (unpaired) electrons. The Hall–Kier alpha value is -1.21. The third-order valence-electron chi connectivity index (χ3n) is 5.43. The van der Waals surface area contributed by atoms with E-state index in [-0.39, 0.29) is 51.0 Å². The molecule has 3 aliphatic rings. The summed E-state index contributed by atoms with van der Waals surface area (Å²) in [5, 5.41) is 2.68. The normalized spacial score (nSPS) is 37.0. The molecule has 126 valence electrons. The molecule has 1 aromatic rings. The second-order valence-corrected chi connectivity index (χ2v) is 8.86. The smallest absolute Gasteiger partial charge is 0.238 e. The highest BCUT2D eigenvalue weighted by Gasteiger charge is 2.66. The van der Waals surface area contributed by atoms with Gasteiger partial charge in [-0.15, -0.1) is 0 Å². The average molecular weight is 456 g/mol. The molecule has 7 heteroatoms. The van der Waals surface area contributed by atoms with Crippen molar-refractivity contribution in [3.63, 3.8) is 0 Å². The second kappa shape index (κ2) is 5.66. The molecule has 1 N–H and O–H groups in total. The predicted octanol–water partition coefficient (Wildman–Crippen LogP) is 2.93. The molecule has 1 aliphatic heterocycles. The minimum atomic E-state index is -0.212. The maximum Gasteiger partial charge on any atom is 0.238 e. The lowest BCUT2D eigenvalue weighted by Gasteiger charge is -2.28. The maximum absolute atomic E-state index is 12.9. The Labute approximate surface area is 156 Å². The van der Waals surface area contributed by atoms with Gasteiger partial charge in [-0.25, -0.2) is 0 Å². The van der Waals surface area contributed by atoms with E-state index in [1.54, 1.807) is 24.3 Å². The predicted molar refractivity (Wildman–Crippen MR) is 97.2 cm³/mol. The first kappa shape index (κ1) is 16.3. The number of benzene rings is 1. The van der Waals surface area contributed by atoms with Crippen molar-refractivity contribution in [2.75, 3.05) is 10.2 Å². The van der Waals surface area contributed by atoms with Crippen LogP contribution in [0.4, 0.5) is 11.4 Å². The minimum absolute atomic E-state index is 0.0892. The monoisotopic (exact) mass is 454 g/mol. The van der Waals surface area contributed by atoms with E-state index in [2.05, 4.69) is 37.2 Å². The van der Waals surface area contributed by atoms with Gasteiger partial charge in [0.15, 0.2) is 0 Å². The summed E-state index contributed by atoms with van der Waals surface area (Å²) < 4.78 is 0. The standard InChI is InChI=1S/C17H16Br2N2O3/c1-7(22)20-8-2-4-9(5-3-8)21-16(23)12-10-6-11(13(12)17(21)24)15(19)14(10)18/h2-5,10-15H,6H2,1H3,(H,20,22)/t10-,11-,12-,13+,14-,15+/m1/s1. The van der Waals surface area contributed by atoms with Gasteiger partial charge in [-0.05, 0) is 42.5 Å². The summed E-state index contributed by atoms with van der Waals surface area (Å²) in [7, 11) is 0. The number of nitrogens with zero attached hydrogens (tertiary/aromatic N) is 1. The largest absolute Gasteiger partial charge is 0.326 e. The second-order valence-electron chi connectivity index (χ2n) is 6.74. The summed E-state index contributed by atoms with van der Waals surface area (Å²) in [5.74, 6) is -0.337. The summed E-state index contributed by atoms with van der Waals surface area (Å²) in [6.07, 6.45) is 0.925. The highest BCUT2D eigenvalue weighted by atomic mass is 79.9. The zero-order valence-electron chi connectivity index (χ0n) is 12.9. The number of fused-ring (bicyclic) bond motifs is 5. The highest BCUT2D eigenvalue weighted by molar-refractivity contribution is 9.12. The van der Waals surface area contributed by atoms with Gasteiger partial charge in [0.1, 0.15) is 0 Å². The quantitative estimate of drug-likeness (QED) is 0.550. The number of hydrogen-bond acceptors (Lipinski definition) is 3. The Morgan fingerprint density at radius 3 is 2.00 bits per heavy atom. The van der Waals surface area contributed by atoms with Crippen LogP contribution in [0.1, 0.15) is 13.3 Å². The fourth-order valence-corrected chi connectivity index (χ4v) is 6.37. The Morgan fingerprint density at radius 1 is 1.04 bits per heavy atom. The van der Waals surface area contributed by atoms with Gasteiger partial charge in [-0.3, -0.25) is 19.3 Å². The van der Waals surface area contributed by atoms with E-state index in [1.165, 1.54) is 11.8 Å². The molecule has 5 nitrogen and oxygen atoms in total. The maximum atomic E-state index is 12.9. The van der Waals surface area contributed by atoms with Gasteiger partial charge in [0.2, 0.25) is 17.7 Å². The molecule has 6 atom stereocenters. The molecule has 3 amide bonds. The Kier molecular flexibility index (Phi) is 3.84. The Bertz CT molecular complexity index is 704. The molecule has 0 spiro atoms. The molecule has 4 rings (SSSR count). The van der Waals surface area contributed by atoms with E-state index in [4.69, 9.17) is 0 Å². The molecule has 24 heavy (non-hydrogen) atoms. The first-order valence-electron chi connectivity index (χ1n) is 7.93. The zero-order valence-corrected chi connectivity index (χ0v) is 16.1. The Morgan fingerprint density at radius 2 is 1.54 bits per heavy atom. The summed E-state index contributed by atoms with van der Waals surface area (Å²) in [5.41, 5.74) is 1.22. The van der Waals surface area contributed by atoms with E-state index in [9.17, 15) is 14.4 Å². The van der Waals surface area contributed by atoms with Crippen molar-refractivity contribution in [2.24, 2.45) is 23.7 Å². The summed E-state index contributed by atoms with van der Waals surface area (Å²) >= 11 is 7.37. The zero-order chi connectivity index (χ0) is 17.2. The van der Waals surface area contributed by atoms with E-state index in [0.717, 1.165) is 6.42 Å². The van der Waals surface area contributed by atoms with Gasteiger partial charge < -0.3 is 5.32 Å². The van der Waals surface area contributed by atoms with Crippen LogP contribution in [-0.2, 0) is 14.4 Å². The molecule has 1 heterocycles. The van der Waals surface area contributed by atoms with Crippen LogP contribution in [0, 0.1) is 23.7 Å². The van der Waals surface area contributed by atoms with Crippen LogP contribution in [0.25, 0.3) is 0 Å². The molecule has 2 aliphatic carbocycles. The summed E-state index contributed by atoms with van der Waals surface area (Å²) in [4.78, 5) is 38.7. The molecule has 2 bridgehead atoms. The number of alkyl halides is 2. The summed E-state index contributed by atoms with van der Waals surface area (Å²) in [6.45, 7) is 1.44. The SMILES string of the molecule is CC(=O)Nc1ccc(N2C(=O)[C@@H]3[C@H]4C[C@@H]([C@H](Br)[C@@H]4Br)[C@@H]3C2=O)cc1. The van der Waals surface area contributed by atoms with Gasteiger partial charge in [0.05, 0.1) is 17.5 Å². The number of rotatable bonds is 2. The first-order valence-corrected chi connectivity index (χ1v) is 9.77. The number of hydrogen-bond donors (Lipinski definition) is 1. The van der Waals surface area contributed by atoms with Crippen molar-refractivity contribution in [2.45, 2.75) is 23.0 Å². The number of nitrogens with one attached hydrogen (secondary N) is 1. The average Bonchev–Trinajstić information content (AvgIpc) is 3.13. The summed E-state index contributed by atoms with van der Waals surface area (Å²) in [6, 6.07) is 6.84. The van der Waals surface area contributed by atoms with Crippen LogP contribution in [-0.4, -0.2) is 27.4 Å². The lowest BCUT2D eigenvalue weighted by Crippen LogP contribution is -2.37. The Balaban J connectivity index is 1.63. The van der Waals surface area contributed by atoms with Gasteiger partial charge >= 0.3 is 0 Å². The fourth-order valence-electron chi connectivity index (χ4n) is 4.50. The van der Waals surface area contributed by atoms with Crippen LogP contribution in [0.2, 0.25) is 0 Å². The van der Waals surface area contributed by atoms with Crippen molar-refractivity contribution in [1.29, 1.82) is 0 Å². The number of imide groups is 1. The molecule has 3 fully saturated rings. The van der Waals surface area contributed by atoms with Crippen LogP contribution >= 0.6 is 31.9 Å². The molecule has 0 unspecified atom stereocenters. The number of carbonyl (C=O) groups excluding carboxylic acids is 3. The van der Waals surface area contributed by atoms with Crippen molar-refractivity contribution in [3.8, 4) is 0 Å². The van der Waals surface area contributed by atoms with Gasteiger partial charge in [-0.2, -0.15) is 0 Å². The van der Waals surface area contributed by atoms with Crippen molar-refractivity contribution < 1.29 is 14.4 Å². The first-order chi connectivity index (χ1) is 11.4. The third kappa shape index (κ3) is 2.20. The lowest BCUT2D eigenvalue weighted by molar-refractivity contribution is -0.123. The molecular weight excluding hydrogens is 440 g/mol. The molecular formula is C17H16Br2N2O3. The van der Waals surface area contributed by atoms with Gasteiger partial charge in [-0.1, -0.05) is 31.9 Å². The number of carbonyl (C=O) groups is 3. The van der Waals surface area contributed by atoms with Crippen LogP contribution in [0.3, 0.4) is 0 Å². The van der Waals surface area contributed by atoms with Crippen LogP contribution in [0.15, 0.2) is 24.3 Å². The molecule has 0 aromatic heterocycles. The van der Waals surface area contributed by atoms with E-state index in [1.807, 2.05) is 0 Å². The molecule has 1 saturated heterocycles. The van der Waals surface area contributed by atoms with Crippen LogP contribution < -0.4 is 10.2 Å².